The summed E-state index contributed by atoms with van der Waals surface area (Å²) in [5.74, 6) is 0. The van der Waals surface area contributed by atoms with Crippen LogP contribution in [0.25, 0.3) is 22.2 Å². The topological polar surface area (TPSA) is 54.7 Å². The quantitative estimate of drug-likeness (QED) is 0.687. The highest BCUT2D eigenvalue weighted by Gasteiger charge is 2.31. The number of alkyl halides is 3. The van der Waals surface area contributed by atoms with Crippen molar-refractivity contribution >= 4 is 16.6 Å². The number of fused-ring (bicyclic) bond motifs is 1. The summed E-state index contributed by atoms with van der Waals surface area (Å²) in [6.45, 7) is 2.28. The summed E-state index contributed by atoms with van der Waals surface area (Å²) in [6.07, 6.45) is -4.43. The molecule has 3 nitrogen and oxygen atoms in total. The predicted octanol–water partition coefficient (Wildman–Crippen LogP) is 4.80. The minimum atomic E-state index is -4.43. The number of hydrogen-bond donors (Lipinski definition) is 1. The molecule has 0 aliphatic rings. The van der Waals surface area contributed by atoms with Gasteiger partial charge in [0, 0.05) is 17.6 Å². The molecule has 0 bridgehead atoms. The van der Waals surface area contributed by atoms with E-state index in [1.807, 2.05) is 6.92 Å². The summed E-state index contributed by atoms with van der Waals surface area (Å²) in [7, 11) is 0. The van der Waals surface area contributed by atoms with E-state index in [0.717, 1.165) is 17.7 Å². The zero-order valence-electron chi connectivity index (χ0n) is 12.9. The van der Waals surface area contributed by atoms with E-state index >= 15 is 0 Å². The average molecular weight is 329 g/mol. The molecule has 2 aromatic carbocycles. The van der Waals surface area contributed by atoms with Crippen molar-refractivity contribution in [2.75, 3.05) is 5.73 Å². The van der Waals surface area contributed by atoms with Gasteiger partial charge < -0.3 is 10.3 Å². The van der Waals surface area contributed by atoms with E-state index in [4.69, 9.17) is 5.73 Å². The number of halogens is 3. The van der Waals surface area contributed by atoms with E-state index in [1.165, 1.54) is 6.07 Å². The fourth-order valence-corrected chi connectivity index (χ4v) is 2.91. The highest BCUT2D eigenvalue weighted by molar-refractivity contribution is 5.95. The molecule has 0 aliphatic heterocycles. The molecule has 6 heteroatoms. The van der Waals surface area contributed by atoms with Gasteiger partial charge in [-0.3, -0.25) is 0 Å². The molecule has 0 saturated heterocycles. The van der Waals surface area contributed by atoms with Crippen LogP contribution in [0.1, 0.15) is 18.1 Å². The lowest BCUT2D eigenvalue weighted by atomic mass is 10.0. The number of nitriles is 1. The molecule has 0 unspecified atom stereocenters. The van der Waals surface area contributed by atoms with Crippen LogP contribution in [0.3, 0.4) is 0 Å². The van der Waals surface area contributed by atoms with Crippen LogP contribution in [0.4, 0.5) is 18.9 Å². The SMILES string of the molecule is CCn1c(-c2ccc(N)cc2)c(C#N)c2ccc(C(F)(F)F)cc21. The van der Waals surface area contributed by atoms with Gasteiger partial charge in [0.2, 0.25) is 0 Å². The van der Waals surface area contributed by atoms with Gasteiger partial charge in [0.1, 0.15) is 6.07 Å². The maximum Gasteiger partial charge on any atom is 0.416 e. The van der Waals surface area contributed by atoms with Crippen molar-refractivity contribution in [1.29, 1.82) is 5.26 Å². The lowest BCUT2D eigenvalue weighted by molar-refractivity contribution is -0.137. The number of anilines is 1. The molecule has 3 aromatic rings. The van der Waals surface area contributed by atoms with Crippen molar-refractivity contribution in [3.05, 3.63) is 53.6 Å². The van der Waals surface area contributed by atoms with Crippen molar-refractivity contribution in [3.63, 3.8) is 0 Å². The first-order valence-electron chi connectivity index (χ1n) is 7.36. The van der Waals surface area contributed by atoms with Crippen LogP contribution >= 0.6 is 0 Å². The van der Waals surface area contributed by atoms with Crippen LogP contribution < -0.4 is 5.73 Å². The van der Waals surface area contributed by atoms with Crippen LogP contribution in [0.5, 0.6) is 0 Å². The lowest BCUT2D eigenvalue weighted by Gasteiger charge is -2.10. The van der Waals surface area contributed by atoms with Crippen molar-refractivity contribution in [1.82, 2.24) is 4.57 Å². The Hall–Kier alpha value is -2.94. The summed E-state index contributed by atoms with van der Waals surface area (Å²) < 4.78 is 40.8. The first-order valence-corrected chi connectivity index (χ1v) is 7.36. The highest BCUT2D eigenvalue weighted by atomic mass is 19.4. The van der Waals surface area contributed by atoms with Crippen molar-refractivity contribution < 1.29 is 13.2 Å². The standard InChI is InChI=1S/C18H14F3N3/c1-2-24-16-9-12(18(19,20)21)5-8-14(16)15(10-22)17(24)11-3-6-13(23)7-4-11/h3-9H,2,23H2,1H3. The van der Waals surface area contributed by atoms with Gasteiger partial charge in [-0.15, -0.1) is 0 Å². The number of nitrogens with zero attached hydrogens (tertiary/aromatic N) is 2. The van der Waals surface area contributed by atoms with Crippen LogP contribution in [0.2, 0.25) is 0 Å². The monoisotopic (exact) mass is 329 g/mol. The largest absolute Gasteiger partial charge is 0.416 e. The third kappa shape index (κ3) is 2.48. The lowest BCUT2D eigenvalue weighted by Crippen LogP contribution is -2.05. The van der Waals surface area contributed by atoms with Gasteiger partial charge in [-0.1, -0.05) is 18.2 Å². The Morgan fingerprint density at radius 2 is 1.79 bits per heavy atom. The average Bonchev–Trinajstić information content (AvgIpc) is 2.87. The van der Waals surface area contributed by atoms with Crippen molar-refractivity contribution in [2.45, 2.75) is 19.6 Å². The first kappa shape index (κ1) is 15.9. The Labute approximate surface area is 136 Å². The summed E-state index contributed by atoms with van der Waals surface area (Å²) >= 11 is 0. The van der Waals surface area contributed by atoms with Crippen LogP contribution in [0, 0.1) is 11.3 Å². The van der Waals surface area contributed by atoms with Gasteiger partial charge >= 0.3 is 6.18 Å². The van der Waals surface area contributed by atoms with E-state index in [2.05, 4.69) is 6.07 Å². The van der Waals surface area contributed by atoms with Gasteiger partial charge in [-0.05, 0) is 36.8 Å². The van der Waals surface area contributed by atoms with Gasteiger partial charge in [-0.25, -0.2) is 0 Å². The fourth-order valence-electron chi connectivity index (χ4n) is 2.91. The Balaban J connectivity index is 2.37. The Bertz CT molecular complexity index is 945. The minimum Gasteiger partial charge on any atom is -0.399 e. The molecule has 122 valence electrons. The molecule has 0 fully saturated rings. The number of aryl methyl sites for hydroxylation is 1. The van der Waals surface area contributed by atoms with Crippen LogP contribution in [0.15, 0.2) is 42.5 Å². The van der Waals surface area contributed by atoms with E-state index < -0.39 is 11.7 Å². The van der Waals surface area contributed by atoms with Crippen LogP contribution in [-0.4, -0.2) is 4.57 Å². The zero-order chi connectivity index (χ0) is 17.5. The molecule has 0 saturated carbocycles. The van der Waals surface area contributed by atoms with Gasteiger partial charge in [0.15, 0.2) is 0 Å². The smallest absolute Gasteiger partial charge is 0.399 e. The number of hydrogen-bond acceptors (Lipinski definition) is 2. The minimum absolute atomic E-state index is 0.366. The summed E-state index contributed by atoms with van der Waals surface area (Å²) in [4.78, 5) is 0. The molecule has 2 N–H and O–H groups in total. The second-order valence-electron chi connectivity index (χ2n) is 5.43. The Morgan fingerprint density at radius 1 is 1.12 bits per heavy atom. The summed E-state index contributed by atoms with van der Waals surface area (Å²) in [5.41, 5.74) is 7.66. The van der Waals surface area contributed by atoms with Crippen LogP contribution in [-0.2, 0) is 12.7 Å². The van der Waals surface area contributed by atoms with E-state index in [0.29, 0.717) is 34.4 Å². The Morgan fingerprint density at radius 3 is 2.33 bits per heavy atom. The van der Waals surface area contributed by atoms with Gasteiger partial charge in [-0.2, -0.15) is 18.4 Å². The number of nitrogens with two attached hydrogens (primary N) is 1. The third-order valence-corrected chi connectivity index (χ3v) is 4.00. The maximum absolute atomic E-state index is 13.0. The molecule has 0 amide bonds. The van der Waals surface area contributed by atoms with E-state index in [1.54, 1.807) is 28.8 Å². The van der Waals surface area contributed by atoms with Crippen molar-refractivity contribution in [3.8, 4) is 17.3 Å². The third-order valence-electron chi connectivity index (χ3n) is 4.00. The summed E-state index contributed by atoms with van der Waals surface area (Å²) in [6, 6.07) is 12.5. The summed E-state index contributed by atoms with van der Waals surface area (Å²) in [5, 5.41) is 10.1. The van der Waals surface area contributed by atoms with Crippen molar-refractivity contribution in [2.24, 2.45) is 0 Å². The second-order valence-corrected chi connectivity index (χ2v) is 5.43. The first-order chi connectivity index (χ1) is 11.4. The molecule has 1 heterocycles. The zero-order valence-corrected chi connectivity index (χ0v) is 12.9. The molecule has 0 spiro atoms. The van der Waals surface area contributed by atoms with Gasteiger partial charge in [0.25, 0.3) is 0 Å². The second kappa shape index (κ2) is 5.60. The number of aromatic nitrogens is 1. The maximum atomic E-state index is 13.0. The predicted molar refractivity (Wildman–Crippen MR) is 87.2 cm³/mol. The fraction of sp³-hybridized carbons (Fsp3) is 0.167. The molecule has 0 atom stereocenters. The van der Waals surface area contributed by atoms with E-state index in [-0.39, 0.29) is 0 Å². The van der Waals surface area contributed by atoms with E-state index in [9.17, 15) is 18.4 Å². The normalized spacial score (nSPS) is 11.6. The number of nitrogen functional groups attached to an aromatic ring is 1. The Kier molecular flexibility index (Phi) is 3.72. The molecular weight excluding hydrogens is 315 g/mol. The number of benzene rings is 2. The van der Waals surface area contributed by atoms with Gasteiger partial charge in [0.05, 0.1) is 22.3 Å². The molecule has 0 radical (unpaired) electrons. The number of rotatable bonds is 2. The molecular formula is C18H14F3N3. The molecule has 0 aliphatic carbocycles. The molecule has 24 heavy (non-hydrogen) atoms. The molecule has 3 rings (SSSR count). The highest BCUT2D eigenvalue weighted by Crippen LogP contribution is 2.37. The molecule has 1 aromatic heterocycles.